The van der Waals surface area contributed by atoms with Crippen LogP contribution in [0, 0.1) is 11.8 Å². The molecule has 1 aliphatic heterocycles. The van der Waals surface area contributed by atoms with E-state index >= 15 is 0 Å². The quantitative estimate of drug-likeness (QED) is 0.659. The Balaban J connectivity index is 2.58. The molecule has 1 saturated heterocycles. The van der Waals surface area contributed by atoms with Crippen LogP contribution in [0.15, 0.2) is 0 Å². The molecule has 4 nitrogen and oxygen atoms in total. The van der Waals surface area contributed by atoms with Crippen LogP contribution in [0.5, 0.6) is 0 Å². The van der Waals surface area contributed by atoms with Gasteiger partial charge in [0.05, 0.1) is 13.2 Å². The first kappa shape index (κ1) is 15.2. The summed E-state index contributed by atoms with van der Waals surface area (Å²) in [7, 11) is -3.04. The molecular weight excluding hydrogens is 237 g/mol. The molecule has 0 spiro atoms. The van der Waals surface area contributed by atoms with E-state index < -0.39 is 7.75 Å². The SMILES string of the molecule is CC(C)COP(=O)(OCC(C)C)N1CCCC1. The molecule has 0 atom stereocenters. The molecule has 17 heavy (non-hydrogen) atoms. The zero-order valence-electron chi connectivity index (χ0n) is 11.5. The zero-order chi connectivity index (χ0) is 12.9. The summed E-state index contributed by atoms with van der Waals surface area (Å²) in [5.41, 5.74) is 0. The molecule has 1 heterocycles. The second kappa shape index (κ2) is 6.89. The topological polar surface area (TPSA) is 38.8 Å². The first-order valence-corrected chi connectivity index (χ1v) is 8.08. The molecule has 0 aromatic carbocycles. The van der Waals surface area contributed by atoms with Crippen molar-refractivity contribution in [2.45, 2.75) is 40.5 Å². The van der Waals surface area contributed by atoms with Crippen molar-refractivity contribution in [3.05, 3.63) is 0 Å². The Morgan fingerprint density at radius 1 is 1.00 bits per heavy atom. The highest BCUT2D eigenvalue weighted by atomic mass is 31.2. The van der Waals surface area contributed by atoms with Crippen molar-refractivity contribution in [3.63, 3.8) is 0 Å². The van der Waals surface area contributed by atoms with E-state index in [0.717, 1.165) is 25.9 Å². The fourth-order valence-corrected chi connectivity index (χ4v) is 3.78. The van der Waals surface area contributed by atoms with Crippen LogP contribution >= 0.6 is 7.75 Å². The summed E-state index contributed by atoms with van der Waals surface area (Å²) in [6.45, 7) is 10.8. The number of rotatable bonds is 7. The summed E-state index contributed by atoms with van der Waals surface area (Å²) in [6.07, 6.45) is 2.17. The molecule has 102 valence electrons. The van der Waals surface area contributed by atoms with E-state index in [-0.39, 0.29) is 0 Å². The Kier molecular flexibility index (Phi) is 6.14. The fourth-order valence-electron chi connectivity index (χ4n) is 1.63. The molecule has 0 aliphatic carbocycles. The monoisotopic (exact) mass is 263 g/mol. The first-order valence-electron chi connectivity index (χ1n) is 6.58. The zero-order valence-corrected chi connectivity index (χ0v) is 12.4. The maximum absolute atomic E-state index is 12.7. The van der Waals surface area contributed by atoms with E-state index in [1.807, 2.05) is 4.67 Å². The van der Waals surface area contributed by atoms with Crippen molar-refractivity contribution in [2.24, 2.45) is 11.8 Å². The van der Waals surface area contributed by atoms with Crippen molar-refractivity contribution < 1.29 is 13.6 Å². The lowest BCUT2D eigenvalue weighted by Crippen LogP contribution is -2.21. The van der Waals surface area contributed by atoms with E-state index in [2.05, 4.69) is 27.7 Å². The van der Waals surface area contributed by atoms with Gasteiger partial charge in [-0.1, -0.05) is 27.7 Å². The number of hydrogen-bond acceptors (Lipinski definition) is 3. The average Bonchev–Trinajstić information content (AvgIpc) is 2.77. The minimum absolute atomic E-state index is 0.369. The van der Waals surface area contributed by atoms with Crippen molar-refractivity contribution in [1.82, 2.24) is 4.67 Å². The predicted molar refractivity (Wildman–Crippen MR) is 70.0 cm³/mol. The summed E-state index contributed by atoms with van der Waals surface area (Å²) in [6, 6.07) is 0. The van der Waals surface area contributed by atoms with Crippen LogP contribution < -0.4 is 0 Å². The number of nitrogens with zero attached hydrogens (tertiary/aromatic N) is 1. The molecule has 0 amide bonds. The third-order valence-electron chi connectivity index (χ3n) is 2.57. The van der Waals surface area contributed by atoms with Gasteiger partial charge in [-0.2, -0.15) is 0 Å². The van der Waals surface area contributed by atoms with Crippen LogP contribution in [0.1, 0.15) is 40.5 Å². The van der Waals surface area contributed by atoms with Crippen LogP contribution in [0.25, 0.3) is 0 Å². The highest BCUT2D eigenvalue weighted by Crippen LogP contribution is 2.54. The third-order valence-corrected chi connectivity index (χ3v) is 4.61. The van der Waals surface area contributed by atoms with E-state index in [1.165, 1.54) is 0 Å². The molecular formula is C12H26NO3P. The minimum Gasteiger partial charge on any atom is -0.296 e. The normalized spacial score (nSPS) is 18.5. The lowest BCUT2D eigenvalue weighted by atomic mass is 10.2. The average molecular weight is 263 g/mol. The van der Waals surface area contributed by atoms with Crippen molar-refractivity contribution in [2.75, 3.05) is 26.3 Å². The van der Waals surface area contributed by atoms with Gasteiger partial charge in [0.1, 0.15) is 0 Å². The summed E-state index contributed by atoms with van der Waals surface area (Å²) < 4.78 is 25.8. The van der Waals surface area contributed by atoms with E-state index in [4.69, 9.17) is 9.05 Å². The van der Waals surface area contributed by atoms with Crippen LogP contribution in [0.2, 0.25) is 0 Å². The van der Waals surface area contributed by atoms with Gasteiger partial charge < -0.3 is 0 Å². The Morgan fingerprint density at radius 3 is 1.76 bits per heavy atom. The smallest absolute Gasteiger partial charge is 0.296 e. The molecule has 1 rings (SSSR count). The van der Waals surface area contributed by atoms with Crippen LogP contribution in [-0.4, -0.2) is 31.0 Å². The lowest BCUT2D eigenvalue weighted by Gasteiger charge is -2.27. The molecule has 0 unspecified atom stereocenters. The Hall–Kier alpha value is 0.110. The molecule has 1 aliphatic rings. The summed E-state index contributed by atoms with van der Waals surface area (Å²) in [5.74, 6) is 0.738. The van der Waals surface area contributed by atoms with Gasteiger partial charge in [-0.25, -0.2) is 9.24 Å². The lowest BCUT2D eigenvalue weighted by molar-refractivity contribution is 0.139. The van der Waals surface area contributed by atoms with Crippen LogP contribution in [0.3, 0.4) is 0 Å². The van der Waals surface area contributed by atoms with Gasteiger partial charge in [0.15, 0.2) is 0 Å². The second-order valence-corrected chi connectivity index (χ2v) is 7.53. The maximum atomic E-state index is 12.7. The second-order valence-electron chi connectivity index (χ2n) is 5.51. The summed E-state index contributed by atoms with van der Waals surface area (Å²) >= 11 is 0. The Morgan fingerprint density at radius 2 is 1.41 bits per heavy atom. The predicted octanol–water partition coefficient (Wildman–Crippen LogP) is 3.54. The molecule has 0 aromatic heterocycles. The Labute approximate surface area is 105 Å². The molecule has 0 radical (unpaired) electrons. The van der Waals surface area contributed by atoms with Gasteiger partial charge in [-0.15, -0.1) is 0 Å². The van der Waals surface area contributed by atoms with Crippen molar-refractivity contribution in [3.8, 4) is 0 Å². The molecule has 0 N–H and O–H groups in total. The standard InChI is InChI=1S/C12H26NO3P/c1-11(2)9-15-17(14,16-10-12(3)4)13-7-5-6-8-13/h11-12H,5-10H2,1-4H3. The van der Waals surface area contributed by atoms with Crippen molar-refractivity contribution in [1.29, 1.82) is 0 Å². The third kappa shape index (κ3) is 5.09. The summed E-state index contributed by atoms with van der Waals surface area (Å²) in [5, 5.41) is 0. The van der Waals surface area contributed by atoms with Gasteiger partial charge in [-0.05, 0) is 24.7 Å². The molecule has 0 aromatic rings. The van der Waals surface area contributed by atoms with Gasteiger partial charge in [-0.3, -0.25) is 9.05 Å². The molecule has 1 fully saturated rings. The van der Waals surface area contributed by atoms with Crippen molar-refractivity contribution >= 4 is 7.75 Å². The Bertz CT molecular complexity index is 246. The van der Waals surface area contributed by atoms with Gasteiger partial charge in [0, 0.05) is 13.1 Å². The minimum atomic E-state index is -3.04. The number of hydrogen-bond donors (Lipinski definition) is 0. The summed E-state index contributed by atoms with van der Waals surface area (Å²) in [4.78, 5) is 0. The highest BCUT2D eigenvalue weighted by Gasteiger charge is 2.35. The van der Waals surface area contributed by atoms with Gasteiger partial charge in [0.2, 0.25) is 0 Å². The first-order chi connectivity index (χ1) is 7.94. The molecule has 0 bridgehead atoms. The molecule has 5 heteroatoms. The van der Waals surface area contributed by atoms with Crippen LogP contribution in [-0.2, 0) is 13.6 Å². The van der Waals surface area contributed by atoms with E-state index in [9.17, 15) is 4.57 Å². The van der Waals surface area contributed by atoms with Gasteiger partial charge in [0.25, 0.3) is 0 Å². The molecule has 0 saturated carbocycles. The van der Waals surface area contributed by atoms with Gasteiger partial charge >= 0.3 is 7.75 Å². The van der Waals surface area contributed by atoms with Crippen LogP contribution in [0.4, 0.5) is 0 Å². The fraction of sp³-hybridized carbons (Fsp3) is 1.00. The maximum Gasteiger partial charge on any atom is 0.408 e. The largest absolute Gasteiger partial charge is 0.408 e. The van der Waals surface area contributed by atoms with E-state index in [1.54, 1.807) is 0 Å². The van der Waals surface area contributed by atoms with E-state index in [0.29, 0.717) is 25.0 Å². The highest BCUT2D eigenvalue weighted by molar-refractivity contribution is 7.51.